The van der Waals surface area contributed by atoms with Crippen LogP contribution in [0.3, 0.4) is 0 Å². The fourth-order valence-electron chi connectivity index (χ4n) is 2.82. The van der Waals surface area contributed by atoms with Crippen molar-refractivity contribution in [2.75, 3.05) is 26.4 Å². The smallest absolute Gasteiger partial charge is 0.187 e. The van der Waals surface area contributed by atoms with E-state index in [2.05, 4.69) is 0 Å². The Morgan fingerprint density at radius 2 is 1.42 bits per heavy atom. The molecule has 0 spiro atoms. The van der Waals surface area contributed by atoms with E-state index in [1.165, 1.54) is 0 Å². The van der Waals surface area contributed by atoms with E-state index in [-0.39, 0.29) is 19.8 Å². The predicted molar refractivity (Wildman–Crippen MR) is 79.4 cm³/mol. The fraction of sp³-hybridized carbons (Fsp3) is 1.00. The summed E-state index contributed by atoms with van der Waals surface area (Å²) < 4.78 is 20.7. The number of rotatable bonds is 7. The number of aliphatic hydroxyl groups is 8. The Morgan fingerprint density at radius 3 is 2.04 bits per heavy atom. The maximum Gasteiger partial charge on any atom is 0.187 e. The summed E-state index contributed by atoms with van der Waals surface area (Å²) in [5.74, 6) is 0. The highest BCUT2D eigenvalue weighted by molar-refractivity contribution is 4.93. The van der Waals surface area contributed by atoms with E-state index < -0.39 is 68.0 Å². The van der Waals surface area contributed by atoms with Gasteiger partial charge in [0, 0.05) is 0 Å². The second kappa shape index (κ2) is 9.64. The van der Waals surface area contributed by atoms with Crippen LogP contribution in [0.15, 0.2) is 0 Å². The lowest BCUT2D eigenvalue weighted by atomic mass is 9.97. The topological polar surface area (TPSA) is 199 Å². The van der Waals surface area contributed by atoms with Crippen LogP contribution < -0.4 is 0 Å². The molecule has 2 saturated heterocycles. The molecule has 0 saturated carbocycles. The molecule has 12 nitrogen and oxygen atoms in total. The van der Waals surface area contributed by atoms with Crippen molar-refractivity contribution >= 4 is 0 Å². The molecule has 0 amide bonds. The van der Waals surface area contributed by atoms with Gasteiger partial charge < -0.3 is 59.8 Å². The second-order valence-electron chi connectivity index (χ2n) is 6.14. The number of hydrogen-bond donors (Lipinski definition) is 8. The van der Waals surface area contributed by atoms with Crippen LogP contribution in [0.4, 0.5) is 0 Å². The van der Waals surface area contributed by atoms with Crippen LogP contribution in [0.1, 0.15) is 0 Å². The number of hydrogen-bond acceptors (Lipinski definition) is 12. The Hall–Kier alpha value is -0.480. The molecular formula is C14H26O12. The van der Waals surface area contributed by atoms with Crippen molar-refractivity contribution < 1.29 is 59.8 Å². The molecule has 10 atom stereocenters. The van der Waals surface area contributed by atoms with E-state index in [0.717, 1.165) is 0 Å². The fourth-order valence-corrected chi connectivity index (χ4v) is 2.82. The van der Waals surface area contributed by atoms with Gasteiger partial charge in [0.1, 0.15) is 48.8 Å². The van der Waals surface area contributed by atoms with Gasteiger partial charge in [-0.3, -0.25) is 0 Å². The summed E-state index contributed by atoms with van der Waals surface area (Å²) in [6.45, 7) is -1.21. The van der Waals surface area contributed by atoms with Crippen molar-refractivity contribution in [3.8, 4) is 0 Å². The molecule has 0 aromatic heterocycles. The first-order valence-corrected chi connectivity index (χ1v) is 8.16. The maximum atomic E-state index is 10.1. The molecule has 0 radical (unpaired) electrons. The summed E-state index contributed by atoms with van der Waals surface area (Å²) in [6, 6.07) is 0. The zero-order valence-corrected chi connectivity index (χ0v) is 13.8. The van der Waals surface area contributed by atoms with E-state index in [4.69, 9.17) is 24.1 Å². The molecule has 2 rings (SSSR count). The highest BCUT2D eigenvalue weighted by Gasteiger charge is 2.50. The third kappa shape index (κ3) is 4.67. The van der Waals surface area contributed by atoms with Gasteiger partial charge in [-0.05, 0) is 0 Å². The standard InChI is InChI=1S/C14H26O12/c15-1-2-23-4-6-7(17)8(18)11(21)14(25-6)26-12-5(3-16)24-13(22)10(20)9(12)19/h5-22H,1-4H2/t5-,6-,7-,8+,9-,10-,11-,12-,13-,14+/m1/s1. The SMILES string of the molecule is OCCOC[C@H]1O[C@@H](O[C@H]2[C@H](O)[C@@H](O)[C@H](O)O[C@@H]2CO)[C@H](O)[C@@H](O)[C@@H]1O. The predicted octanol–water partition coefficient (Wildman–Crippen LogP) is -5.38. The molecule has 0 aliphatic carbocycles. The zero-order valence-electron chi connectivity index (χ0n) is 13.8. The quantitative estimate of drug-likeness (QED) is 0.194. The van der Waals surface area contributed by atoms with Gasteiger partial charge in [0.25, 0.3) is 0 Å². The molecule has 2 aliphatic rings. The molecule has 0 aromatic rings. The van der Waals surface area contributed by atoms with Gasteiger partial charge in [0.05, 0.1) is 26.4 Å². The Morgan fingerprint density at radius 1 is 0.731 bits per heavy atom. The van der Waals surface area contributed by atoms with Gasteiger partial charge in [0.2, 0.25) is 0 Å². The van der Waals surface area contributed by atoms with E-state index in [1.54, 1.807) is 0 Å². The second-order valence-corrected chi connectivity index (χ2v) is 6.14. The highest BCUT2D eigenvalue weighted by Crippen LogP contribution is 2.28. The average Bonchev–Trinajstić information content (AvgIpc) is 2.63. The maximum absolute atomic E-state index is 10.1. The number of aliphatic hydroxyl groups excluding tert-OH is 8. The normalized spacial score (nSPS) is 47.1. The Bertz CT molecular complexity index is 423. The van der Waals surface area contributed by atoms with E-state index in [0.29, 0.717) is 0 Å². The van der Waals surface area contributed by atoms with Gasteiger partial charge in [-0.2, -0.15) is 0 Å². The van der Waals surface area contributed by atoms with Crippen LogP contribution >= 0.6 is 0 Å². The highest BCUT2D eigenvalue weighted by atomic mass is 16.7. The summed E-state index contributed by atoms with van der Waals surface area (Å²) in [6.07, 6.45) is -15.4. The Balaban J connectivity index is 2.07. The van der Waals surface area contributed by atoms with Crippen molar-refractivity contribution in [1.29, 1.82) is 0 Å². The lowest BCUT2D eigenvalue weighted by Crippen LogP contribution is -2.64. The summed E-state index contributed by atoms with van der Waals surface area (Å²) in [5, 5.41) is 77.2. The molecule has 8 N–H and O–H groups in total. The summed E-state index contributed by atoms with van der Waals surface area (Å²) in [7, 11) is 0. The molecular weight excluding hydrogens is 360 g/mol. The zero-order chi connectivity index (χ0) is 19.4. The average molecular weight is 386 g/mol. The van der Waals surface area contributed by atoms with E-state index in [9.17, 15) is 35.7 Å². The van der Waals surface area contributed by atoms with E-state index >= 15 is 0 Å². The lowest BCUT2D eigenvalue weighted by Gasteiger charge is -2.45. The monoisotopic (exact) mass is 386 g/mol. The van der Waals surface area contributed by atoms with Gasteiger partial charge >= 0.3 is 0 Å². The summed E-state index contributed by atoms with van der Waals surface area (Å²) in [4.78, 5) is 0. The van der Waals surface area contributed by atoms with Crippen LogP contribution in [-0.4, -0.2) is 129 Å². The van der Waals surface area contributed by atoms with Crippen LogP contribution in [0.2, 0.25) is 0 Å². The summed E-state index contributed by atoms with van der Waals surface area (Å²) >= 11 is 0. The largest absolute Gasteiger partial charge is 0.394 e. The number of ether oxygens (including phenoxy) is 4. The molecule has 2 heterocycles. The van der Waals surface area contributed by atoms with Crippen molar-refractivity contribution in [1.82, 2.24) is 0 Å². The molecule has 0 aromatic carbocycles. The van der Waals surface area contributed by atoms with Crippen LogP contribution in [-0.2, 0) is 18.9 Å². The molecule has 2 aliphatic heterocycles. The molecule has 0 unspecified atom stereocenters. The summed E-state index contributed by atoms with van der Waals surface area (Å²) in [5.41, 5.74) is 0. The van der Waals surface area contributed by atoms with Crippen molar-refractivity contribution in [2.45, 2.75) is 61.4 Å². The molecule has 154 valence electrons. The molecule has 26 heavy (non-hydrogen) atoms. The molecule has 12 heteroatoms. The Kier molecular flexibility index (Phi) is 8.08. The van der Waals surface area contributed by atoms with Crippen molar-refractivity contribution in [3.63, 3.8) is 0 Å². The Labute approximate surface area is 148 Å². The van der Waals surface area contributed by atoms with Crippen LogP contribution in [0.25, 0.3) is 0 Å². The third-order valence-electron chi connectivity index (χ3n) is 4.32. The van der Waals surface area contributed by atoms with Crippen LogP contribution in [0, 0.1) is 0 Å². The van der Waals surface area contributed by atoms with Gasteiger partial charge in [-0.25, -0.2) is 0 Å². The first kappa shape index (κ1) is 21.8. The van der Waals surface area contributed by atoms with E-state index in [1.807, 2.05) is 0 Å². The molecule has 2 fully saturated rings. The van der Waals surface area contributed by atoms with Gasteiger partial charge in [-0.15, -0.1) is 0 Å². The third-order valence-corrected chi connectivity index (χ3v) is 4.32. The first-order chi connectivity index (χ1) is 12.3. The minimum Gasteiger partial charge on any atom is -0.394 e. The van der Waals surface area contributed by atoms with Gasteiger partial charge in [0.15, 0.2) is 12.6 Å². The lowest BCUT2D eigenvalue weighted by molar-refractivity contribution is -0.355. The van der Waals surface area contributed by atoms with Crippen LogP contribution in [0.5, 0.6) is 0 Å². The molecule has 0 bridgehead atoms. The van der Waals surface area contributed by atoms with Crippen molar-refractivity contribution in [2.24, 2.45) is 0 Å². The first-order valence-electron chi connectivity index (χ1n) is 8.16. The minimum atomic E-state index is -1.74. The minimum absolute atomic E-state index is 0.0391. The van der Waals surface area contributed by atoms with Crippen molar-refractivity contribution in [3.05, 3.63) is 0 Å². The van der Waals surface area contributed by atoms with Gasteiger partial charge in [-0.1, -0.05) is 0 Å².